The third-order valence-electron chi connectivity index (χ3n) is 2.65. The molecule has 0 atom stereocenters. The molecule has 0 bridgehead atoms. The molecule has 20 heavy (non-hydrogen) atoms. The normalized spacial score (nSPS) is 10.9. The largest absolute Gasteiger partial charge is 0.318 e. The monoisotopic (exact) mass is 323 g/mol. The maximum Gasteiger partial charge on any atom is 0.273 e. The summed E-state index contributed by atoms with van der Waals surface area (Å²) in [5, 5.41) is 13.7. The smallest absolute Gasteiger partial charge is 0.273 e. The van der Waals surface area contributed by atoms with Gasteiger partial charge >= 0.3 is 0 Å². The van der Waals surface area contributed by atoms with Crippen LogP contribution in [0.1, 0.15) is 11.1 Å². The van der Waals surface area contributed by atoms with Gasteiger partial charge < -0.3 is 5.32 Å². The molecule has 7 nitrogen and oxygen atoms in total. The number of rotatable bonds is 6. The minimum Gasteiger partial charge on any atom is -0.318 e. The third-order valence-corrected chi connectivity index (χ3v) is 4.25. The highest BCUT2D eigenvalue weighted by Gasteiger charge is 2.22. The van der Waals surface area contributed by atoms with E-state index in [-0.39, 0.29) is 29.5 Å². The summed E-state index contributed by atoms with van der Waals surface area (Å²) in [6.45, 7) is 3.89. The Morgan fingerprint density at radius 3 is 2.30 bits per heavy atom. The number of hydrogen-bond acceptors (Lipinski definition) is 5. The van der Waals surface area contributed by atoms with E-state index in [0.717, 1.165) is 6.07 Å². The lowest BCUT2D eigenvalue weighted by molar-refractivity contribution is -0.385. The molecular formula is C11H18ClN3O4S. The molecule has 2 N–H and O–H groups in total. The van der Waals surface area contributed by atoms with Gasteiger partial charge in [-0.1, -0.05) is 0 Å². The summed E-state index contributed by atoms with van der Waals surface area (Å²) >= 11 is 0. The Morgan fingerprint density at radius 2 is 1.80 bits per heavy atom. The molecule has 0 aromatic heterocycles. The van der Waals surface area contributed by atoms with Crippen LogP contribution in [0.2, 0.25) is 0 Å². The van der Waals surface area contributed by atoms with Crippen molar-refractivity contribution in [3.63, 3.8) is 0 Å². The SMILES string of the molecule is CNCCNS(=O)(=O)c1cc([N+](=O)[O-])c(C)cc1C.Cl. The Morgan fingerprint density at radius 1 is 1.20 bits per heavy atom. The minimum absolute atomic E-state index is 0. The van der Waals surface area contributed by atoms with Crippen molar-refractivity contribution in [1.82, 2.24) is 10.0 Å². The number of nitro groups is 1. The first-order chi connectivity index (χ1) is 8.79. The van der Waals surface area contributed by atoms with E-state index in [9.17, 15) is 18.5 Å². The van der Waals surface area contributed by atoms with Crippen molar-refractivity contribution in [2.75, 3.05) is 20.1 Å². The van der Waals surface area contributed by atoms with E-state index in [4.69, 9.17) is 0 Å². The van der Waals surface area contributed by atoms with Crippen molar-refractivity contribution >= 4 is 28.1 Å². The molecule has 0 aliphatic heterocycles. The molecule has 0 aliphatic rings. The van der Waals surface area contributed by atoms with Gasteiger partial charge in [0.2, 0.25) is 10.0 Å². The molecule has 0 amide bonds. The summed E-state index contributed by atoms with van der Waals surface area (Å²) in [4.78, 5) is 10.2. The second-order valence-electron chi connectivity index (χ2n) is 4.16. The fourth-order valence-electron chi connectivity index (χ4n) is 1.70. The van der Waals surface area contributed by atoms with E-state index in [0.29, 0.717) is 17.7 Å². The average Bonchev–Trinajstić information content (AvgIpc) is 2.28. The molecular weight excluding hydrogens is 306 g/mol. The molecule has 0 saturated carbocycles. The molecule has 114 valence electrons. The highest BCUT2D eigenvalue weighted by molar-refractivity contribution is 7.89. The van der Waals surface area contributed by atoms with Gasteiger partial charge in [0.1, 0.15) is 0 Å². The predicted molar refractivity (Wildman–Crippen MR) is 78.9 cm³/mol. The van der Waals surface area contributed by atoms with Crippen molar-refractivity contribution in [3.8, 4) is 0 Å². The van der Waals surface area contributed by atoms with Crippen molar-refractivity contribution in [1.29, 1.82) is 0 Å². The molecule has 0 aliphatic carbocycles. The fraction of sp³-hybridized carbons (Fsp3) is 0.455. The average molecular weight is 324 g/mol. The number of nitrogens with zero attached hydrogens (tertiary/aromatic N) is 1. The van der Waals surface area contributed by atoms with Crippen molar-refractivity contribution in [2.45, 2.75) is 18.7 Å². The van der Waals surface area contributed by atoms with Gasteiger partial charge in [-0.05, 0) is 32.5 Å². The first kappa shape index (κ1) is 18.8. The predicted octanol–water partition coefficient (Wildman–Crippen LogP) is 1.13. The van der Waals surface area contributed by atoms with E-state index >= 15 is 0 Å². The summed E-state index contributed by atoms with van der Waals surface area (Å²) in [7, 11) is -2.03. The van der Waals surface area contributed by atoms with Gasteiger partial charge in [0.05, 0.1) is 9.82 Å². The molecule has 0 saturated heterocycles. The second kappa shape index (κ2) is 7.53. The van der Waals surface area contributed by atoms with Crippen LogP contribution < -0.4 is 10.0 Å². The molecule has 0 unspecified atom stereocenters. The van der Waals surface area contributed by atoms with Crippen LogP contribution in [-0.2, 0) is 10.0 Å². The highest BCUT2D eigenvalue weighted by Crippen LogP contribution is 2.25. The Hall–Kier alpha value is -1.22. The van der Waals surface area contributed by atoms with Crippen LogP contribution in [0.3, 0.4) is 0 Å². The van der Waals surface area contributed by atoms with Gasteiger partial charge in [0, 0.05) is 24.7 Å². The van der Waals surface area contributed by atoms with E-state index < -0.39 is 14.9 Å². The van der Waals surface area contributed by atoms with E-state index in [1.54, 1.807) is 20.9 Å². The van der Waals surface area contributed by atoms with Crippen LogP contribution in [0.15, 0.2) is 17.0 Å². The van der Waals surface area contributed by atoms with Crippen LogP contribution in [0.4, 0.5) is 5.69 Å². The number of nitrogens with one attached hydrogen (secondary N) is 2. The third kappa shape index (κ3) is 4.41. The number of halogens is 1. The Balaban J connectivity index is 0.00000361. The van der Waals surface area contributed by atoms with Gasteiger partial charge in [-0.2, -0.15) is 0 Å². The van der Waals surface area contributed by atoms with Crippen molar-refractivity contribution in [3.05, 3.63) is 33.4 Å². The molecule has 9 heteroatoms. The molecule has 1 aromatic carbocycles. The van der Waals surface area contributed by atoms with E-state index in [2.05, 4.69) is 10.0 Å². The van der Waals surface area contributed by atoms with Crippen molar-refractivity contribution < 1.29 is 13.3 Å². The first-order valence-electron chi connectivity index (χ1n) is 5.69. The first-order valence-corrected chi connectivity index (χ1v) is 7.18. The molecule has 0 fully saturated rings. The second-order valence-corrected chi connectivity index (χ2v) is 5.90. The zero-order chi connectivity index (χ0) is 14.6. The number of likely N-dealkylation sites (N-methyl/N-ethyl adjacent to an activating group) is 1. The van der Waals surface area contributed by atoms with Gasteiger partial charge in [-0.15, -0.1) is 12.4 Å². The topological polar surface area (TPSA) is 101 Å². The lowest BCUT2D eigenvalue weighted by atomic mass is 10.1. The van der Waals surface area contributed by atoms with Crippen LogP contribution in [0.25, 0.3) is 0 Å². The van der Waals surface area contributed by atoms with Gasteiger partial charge in [0.25, 0.3) is 5.69 Å². The van der Waals surface area contributed by atoms with Crippen LogP contribution in [0, 0.1) is 24.0 Å². The van der Waals surface area contributed by atoms with Gasteiger partial charge in [0.15, 0.2) is 0 Å². The maximum atomic E-state index is 12.1. The number of sulfonamides is 1. The molecule has 1 rings (SSSR count). The molecule has 1 aromatic rings. The molecule has 0 spiro atoms. The minimum atomic E-state index is -3.73. The van der Waals surface area contributed by atoms with Crippen LogP contribution >= 0.6 is 12.4 Å². The standard InChI is InChI=1S/C11H17N3O4S.ClH/c1-8-6-9(2)11(7-10(8)14(15)16)19(17,18)13-5-4-12-3;/h6-7,12-13H,4-5H2,1-3H3;1H. The lowest BCUT2D eigenvalue weighted by Crippen LogP contribution is -2.31. The van der Waals surface area contributed by atoms with E-state index in [1.807, 2.05) is 0 Å². The number of hydrogen-bond donors (Lipinski definition) is 2. The summed E-state index contributed by atoms with van der Waals surface area (Å²) < 4.78 is 26.5. The zero-order valence-electron chi connectivity index (χ0n) is 11.5. The molecule has 0 radical (unpaired) electrons. The van der Waals surface area contributed by atoms with Gasteiger partial charge in [-0.25, -0.2) is 13.1 Å². The zero-order valence-corrected chi connectivity index (χ0v) is 13.1. The lowest BCUT2D eigenvalue weighted by Gasteiger charge is -2.10. The number of nitro benzene ring substituents is 1. The fourth-order valence-corrected chi connectivity index (χ4v) is 2.97. The summed E-state index contributed by atoms with van der Waals surface area (Å²) in [5.41, 5.74) is 0.733. The summed E-state index contributed by atoms with van der Waals surface area (Å²) in [6.07, 6.45) is 0. The van der Waals surface area contributed by atoms with Crippen LogP contribution in [0.5, 0.6) is 0 Å². The molecule has 0 heterocycles. The van der Waals surface area contributed by atoms with Crippen molar-refractivity contribution in [2.24, 2.45) is 0 Å². The Bertz CT molecular complexity index is 590. The van der Waals surface area contributed by atoms with E-state index in [1.165, 1.54) is 6.07 Å². The van der Waals surface area contributed by atoms with Crippen LogP contribution in [-0.4, -0.2) is 33.5 Å². The Labute approximate surface area is 124 Å². The Kier molecular flexibility index (Phi) is 7.07. The summed E-state index contributed by atoms with van der Waals surface area (Å²) in [5.74, 6) is 0. The highest BCUT2D eigenvalue weighted by atomic mass is 35.5. The number of aryl methyl sites for hydroxylation is 2. The maximum absolute atomic E-state index is 12.1. The van der Waals surface area contributed by atoms with Gasteiger partial charge in [-0.3, -0.25) is 10.1 Å². The number of benzene rings is 1. The quantitative estimate of drug-likeness (QED) is 0.464. The summed E-state index contributed by atoms with van der Waals surface area (Å²) in [6, 6.07) is 2.61.